The Kier molecular flexibility index (Phi) is 6.11. The van der Waals surface area contributed by atoms with E-state index in [-0.39, 0.29) is 4.90 Å². The summed E-state index contributed by atoms with van der Waals surface area (Å²) in [5.74, 6) is 0.701. The number of sulfonamides is 1. The number of nitrogens with zero attached hydrogens (tertiary/aromatic N) is 1. The van der Waals surface area contributed by atoms with Crippen molar-refractivity contribution in [3.05, 3.63) is 95.0 Å². The van der Waals surface area contributed by atoms with Crippen molar-refractivity contribution in [1.82, 2.24) is 4.83 Å². The number of nitrogens with one attached hydrogen (secondary N) is 1. The highest BCUT2D eigenvalue weighted by atomic mass is 35.5. The summed E-state index contributed by atoms with van der Waals surface area (Å²) in [6, 6.07) is 22.7. The molecule has 0 bridgehead atoms. The molecule has 0 heterocycles. The second kappa shape index (κ2) is 8.70. The molecular formula is C20H17ClN2O3S. The van der Waals surface area contributed by atoms with Crippen molar-refractivity contribution < 1.29 is 13.2 Å². The lowest BCUT2D eigenvalue weighted by Gasteiger charge is -2.06. The van der Waals surface area contributed by atoms with Gasteiger partial charge in [-0.2, -0.15) is 13.5 Å². The molecule has 0 saturated heterocycles. The second-order valence-corrected chi connectivity index (χ2v) is 7.75. The van der Waals surface area contributed by atoms with E-state index in [2.05, 4.69) is 9.93 Å². The first-order valence-electron chi connectivity index (χ1n) is 8.10. The van der Waals surface area contributed by atoms with Gasteiger partial charge in [-0.15, -0.1) is 0 Å². The highest BCUT2D eigenvalue weighted by molar-refractivity contribution is 7.89. The number of ether oxygens (including phenoxy) is 1. The predicted molar refractivity (Wildman–Crippen MR) is 107 cm³/mol. The molecule has 0 atom stereocenters. The molecule has 5 nitrogen and oxygen atoms in total. The van der Waals surface area contributed by atoms with Gasteiger partial charge >= 0.3 is 0 Å². The minimum atomic E-state index is -3.66. The molecule has 138 valence electrons. The number of hydrazone groups is 1. The Morgan fingerprint density at radius 2 is 1.59 bits per heavy atom. The van der Waals surface area contributed by atoms with Crippen molar-refractivity contribution in [2.24, 2.45) is 5.10 Å². The molecule has 0 unspecified atom stereocenters. The van der Waals surface area contributed by atoms with Crippen LogP contribution in [0, 0.1) is 0 Å². The summed E-state index contributed by atoms with van der Waals surface area (Å²) >= 11 is 5.85. The third-order valence-corrected chi connectivity index (χ3v) is 5.13. The highest BCUT2D eigenvalue weighted by Crippen LogP contribution is 2.15. The summed E-state index contributed by atoms with van der Waals surface area (Å²) in [6.07, 6.45) is 1.43. The van der Waals surface area contributed by atoms with Gasteiger partial charge in [0, 0.05) is 5.02 Å². The summed E-state index contributed by atoms with van der Waals surface area (Å²) in [4.78, 5) is 2.35. The van der Waals surface area contributed by atoms with E-state index in [0.29, 0.717) is 17.4 Å². The van der Waals surface area contributed by atoms with Crippen molar-refractivity contribution in [3.8, 4) is 5.75 Å². The van der Waals surface area contributed by atoms with Crippen molar-refractivity contribution >= 4 is 27.8 Å². The fourth-order valence-corrected chi connectivity index (χ4v) is 3.16. The number of benzene rings is 3. The molecule has 0 aliphatic heterocycles. The lowest BCUT2D eigenvalue weighted by molar-refractivity contribution is 0.306. The van der Waals surface area contributed by atoms with Gasteiger partial charge in [0.2, 0.25) is 0 Å². The third-order valence-electron chi connectivity index (χ3n) is 3.64. The number of rotatable bonds is 7. The maximum Gasteiger partial charge on any atom is 0.276 e. The van der Waals surface area contributed by atoms with E-state index in [4.69, 9.17) is 16.3 Å². The Labute approximate surface area is 163 Å². The van der Waals surface area contributed by atoms with Gasteiger partial charge in [0.25, 0.3) is 10.0 Å². The Hall–Kier alpha value is -2.83. The molecule has 3 aromatic carbocycles. The molecule has 0 aliphatic carbocycles. The first-order valence-corrected chi connectivity index (χ1v) is 9.96. The molecule has 0 radical (unpaired) electrons. The van der Waals surface area contributed by atoms with E-state index in [1.165, 1.54) is 18.3 Å². The molecule has 0 aliphatic rings. The minimum Gasteiger partial charge on any atom is -0.489 e. The fraction of sp³-hybridized carbons (Fsp3) is 0.0500. The zero-order valence-electron chi connectivity index (χ0n) is 14.2. The van der Waals surface area contributed by atoms with Crippen LogP contribution in [0.25, 0.3) is 0 Å². The highest BCUT2D eigenvalue weighted by Gasteiger charge is 2.10. The van der Waals surface area contributed by atoms with Gasteiger partial charge in [-0.05, 0) is 59.7 Å². The predicted octanol–water partition coefficient (Wildman–Crippen LogP) is 4.23. The van der Waals surface area contributed by atoms with Gasteiger partial charge in [0.1, 0.15) is 12.4 Å². The zero-order chi connectivity index (χ0) is 19.1. The quantitative estimate of drug-likeness (QED) is 0.476. The Balaban J connectivity index is 1.55. The van der Waals surface area contributed by atoms with E-state index in [0.717, 1.165) is 11.1 Å². The van der Waals surface area contributed by atoms with Crippen LogP contribution in [0.15, 0.2) is 88.9 Å². The molecule has 0 saturated carbocycles. The fourth-order valence-electron chi connectivity index (χ4n) is 2.22. The molecular weight excluding hydrogens is 384 g/mol. The molecule has 3 rings (SSSR count). The summed E-state index contributed by atoms with van der Waals surface area (Å²) in [7, 11) is -3.66. The van der Waals surface area contributed by atoms with E-state index < -0.39 is 10.0 Å². The van der Waals surface area contributed by atoms with Gasteiger partial charge in [-0.1, -0.05) is 41.9 Å². The van der Waals surface area contributed by atoms with Gasteiger partial charge in [0.15, 0.2) is 0 Å². The molecule has 3 aromatic rings. The Morgan fingerprint density at radius 1 is 0.926 bits per heavy atom. The summed E-state index contributed by atoms with van der Waals surface area (Å²) in [6.45, 7) is 0.432. The van der Waals surface area contributed by atoms with Crippen LogP contribution < -0.4 is 9.57 Å². The van der Waals surface area contributed by atoms with E-state index >= 15 is 0 Å². The Bertz CT molecular complexity index is 1000. The SMILES string of the molecule is O=S(=O)(N/N=C\c1ccc(OCc2ccc(Cl)cc2)cc1)c1ccccc1. The average molecular weight is 401 g/mol. The Morgan fingerprint density at radius 3 is 2.26 bits per heavy atom. The summed E-state index contributed by atoms with van der Waals surface area (Å²) in [5.41, 5.74) is 1.75. The summed E-state index contributed by atoms with van der Waals surface area (Å²) in [5, 5.41) is 4.49. The van der Waals surface area contributed by atoms with Crippen molar-refractivity contribution in [1.29, 1.82) is 0 Å². The zero-order valence-corrected chi connectivity index (χ0v) is 15.8. The molecule has 1 N–H and O–H groups in total. The van der Waals surface area contributed by atoms with Crippen LogP contribution in [-0.4, -0.2) is 14.6 Å². The topological polar surface area (TPSA) is 67.8 Å². The molecule has 7 heteroatoms. The molecule has 0 aromatic heterocycles. The standard InChI is InChI=1S/C20H17ClN2O3S/c21-18-10-6-17(7-11-18)15-26-19-12-8-16(9-13-19)14-22-23-27(24,25)20-4-2-1-3-5-20/h1-14,23H,15H2/b22-14-. The second-order valence-electron chi connectivity index (χ2n) is 5.65. The van der Waals surface area contributed by atoms with Crippen LogP contribution in [-0.2, 0) is 16.6 Å². The molecule has 0 amide bonds. The minimum absolute atomic E-state index is 0.160. The van der Waals surface area contributed by atoms with Crippen LogP contribution in [0.5, 0.6) is 5.75 Å². The average Bonchev–Trinajstić information content (AvgIpc) is 2.69. The van der Waals surface area contributed by atoms with Crippen LogP contribution in [0.4, 0.5) is 0 Å². The molecule has 27 heavy (non-hydrogen) atoms. The molecule has 0 fully saturated rings. The summed E-state index contributed by atoms with van der Waals surface area (Å²) < 4.78 is 29.8. The van der Waals surface area contributed by atoms with Crippen LogP contribution in [0.1, 0.15) is 11.1 Å². The van der Waals surface area contributed by atoms with Crippen LogP contribution in [0.3, 0.4) is 0 Å². The van der Waals surface area contributed by atoms with Crippen LogP contribution >= 0.6 is 11.6 Å². The van der Waals surface area contributed by atoms with Crippen LogP contribution in [0.2, 0.25) is 5.02 Å². The normalized spacial score (nSPS) is 11.4. The van der Waals surface area contributed by atoms with Crippen molar-refractivity contribution in [2.75, 3.05) is 0 Å². The van der Waals surface area contributed by atoms with Crippen molar-refractivity contribution in [3.63, 3.8) is 0 Å². The lowest BCUT2D eigenvalue weighted by Crippen LogP contribution is -2.18. The van der Waals surface area contributed by atoms with Gasteiger partial charge in [-0.3, -0.25) is 0 Å². The first-order chi connectivity index (χ1) is 13.0. The van der Waals surface area contributed by atoms with Crippen molar-refractivity contribution in [2.45, 2.75) is 11.5 Å². The third kappa shape index (κ3) is 5.57. The largest absolute Gasteiger partial charge is 0.489 e. The first kappa shape index (κ1) is 18.9. The van der Waals surface area contributed by atoms with E-state index in [1.807, 2.05) is 24.3 Å². The van der Waals surface area contributed by atoms with E-state index in [1.54, 1.807) is 42.5 Å². The monoisotopic (exact) mass is 400 g/mol. The number of halogens is 1. The number of hydrogen-bond acceptors (Lipinski definition) is 4. The van der Waals surface area contributed by atoms with Gasteiger partial charge in [0.05, 0.1) is 11.1 Å². The maximum atomic E-state index is 12.1. The molecule has 0 spiro atoms. The van der Waals surface area contributed by atoms with Gasteiger partial charge < -0.3 is 4.74 Å². The lowest BCUT2D eigenvalue weighted by atomic mass is 10.2. The smallest absolute Gasteiger partial charge is 0.276 e. The van der Waals surface area contributed by atoms with E-state index in [9.17, 15) is 8.42 Å². The number of hydrogen-bond donors (Lipinski definition) is 1. The maximum absolute atomic E-state index is 12.1. The van der Waals surface area contributed by atoms with Gasteiger partial charge in [-0.25, -0.2) is 4.83 Å².